The summed E-state index contributed by atoms with van der Waals surface area (Å²) in [5, 5.41) is 11.6. The van der Waals surface area contributed by atoms with Crippen molar-refractivity contribution < 1.29 is 9.53 Å². The Balaban J connectivity index is 1.85. The number of amides is 1. The van der Waals surface area contributed by atoms with Crippen molar-refractivity contribution in [3.05, 3.63) is 29.9 Å². The smallest absolute Gasteiger partial charge is 0.313 e. The second-order valence-corrected chi connectivity index (χ2v) is 7.09. The maximum absolute atomic E-state index is 13.0. The largest absolute Gasteiger partial charge is 0.467 e. The molecule has 0 aromatic carbocycles. The molecule has 0 unspecified atom stereocenters. The van der Waals surface area contributed by atoms with Crippen molar-refractivity contribution in [3.63, 3.8) is 0 Å². The van der Waals surface area contributed by atoms with Crippen LogP contribution in [0.2, 0.25) is 0 Å². The van der Waals surface area contributed by atoms with Crippen LogP contribution in [0.5, 0.6) is 0 Å². The summed E-state index contributed by atoms with van der Waals surface area (Å²) in [4.78, 5) is 14.9. The summed E-state index contributed by atoms with van der Waals surface area (Å²) in [5.74, 6) is 0.278. The molecule has 0 spiro atoms. The molecule has 2 N–H and O–H groups in total. The number of hydrazone groups is 1. The van der Waals surface area contributed by atoms with Crippen LogP contribution in [0.25, 0.3) is 0 Å². The highest BCUT2D eigenvalue weighted by Gasteiger charge is 2.33. The quantitative estimate of drug-likeness (QED) is 0.773. The number of amidine groups is 1. The molecular weight excluding hydrogens is 344 g/mol. The zero-order chi connectivity index (χ0) is 19.2. The Labute approximate surface area is 160 Å². The first kappa shape index (κ1) is 19.3. The number of methoxy groups -OCH3 is 1. The highest BCUT2D eigenvalue weighted by Crippen LogP contribution is 2.30. The summed E-state index contributed by atoms with van der Waals surface area (Å²) in [7, 11) is 3.51. The Bertz CT molecular complexity index is 703. The number of carbonyl (C=O) groups is 1. The van der Waals surface area contributed by atoms with Gasteiger partial charge >= 0.3 is 6.02 Å². The minimum Gasteiger partial charge on any atom is -0.467 e. The number of aromatic nitrogens is 2. The van der Waals surface area contributed by atoms with E-state index in [9.17, 15) is 4.79 Å². The van der Waals surface area contributed by atoms with Crippen molar-refractivity contribution in [1.29, 1.82) is 0 Å². The van der Waals surface area contributed by atoms with Gasteiger partial charge in [-0.25, -0.2) is 0 Å². The molecule has 1 atom stereocenters. The monoisotopic (exact) mass is 374 g/mol. The van der Waals surface area contributed by atoms with Crippen LogP contribution in [-0.2, 0) is 11.3 Å². The van der Waals surface area contributed by atoms with Gasteiger partial charge in [0, 0.05) is 26.0 Å². The minimum absolute atomic E-state index is 0.0978. The van der Waals surface area contributed by atoms with Crippen LogP contribution >= 0.6 is 0 Å². The van der Waals surface area contributed by atoms with E-state index in [1.54, 1.807) is 24.1 Å². The van der Waals surface area contributed by atoms with Crippen molar-refractivity contribution >= 4 is 11.9 Å². The molecule has 2 heterocycles. The SMILES string of the molecule is CCn1nccc1C(=O)N[C@H](C1=CNN=C(OC)N1C)C1CCCCCC1. The van der Waals surface area contributed by atoms with Gasteiger partial charge in [-0.15, -0.1) is 5.10 Å². The van der Waals surface area contributed by atoms with Crippen LogP contribution in [0.4, 0.5) is 0 Å². The van der Waals surface area contributed by atoms with Crippen LogP contribution < -0.4 is 10.7 Å². The van der Waals surface area contributed by atoms with Crippen LogP contribution in [-0.4, -0.2) is 46.8 Å². The van der Waals surface area contributed by atoms with Gasteiger partial charge in [0.25, 0.3) is 5.91 Å². The van der Waals surface area contributed by atoms with Crippen molar-refractivity contribution in [2.75, 3.05) is 14.2 Å². The Morgan fingerprint density at radius 3 is 2.78 bits per heavy atom. The number of likely N-dealkylation sites (N-methyl/N-ethyl adjacent to an activating group) is 1. The number of hydrogen-bond acceptors (Lipinski definition) is 6. The highest BCUT2D eigenvalue weighted by atomic mass is 16.5. The number of carbonyl (C=O) groups excluding carboxylic acids is 1. The molecule has 2 aliphatic rings. The molecule has 0 bridgehead atoms. The van der Waals surface area contributed by atoms with E-state index in [4.69, 9.17) is 4.74 Å². The van der Waals surface area contributed by atoms with Crippen LogP contribution in [0, 0.1) is 5.92 Å². The number of nitrogens with one attached hydrogen (secondary N) is 2. The van der Waals surface area contributed by atoms with Crippen molar-refractivity contribution in [3.8, 4) is 0 Å². The van der Waals surface area contributed by atoms with Gasteiger partial charge in [0.15, 0.2) is 0 Å². The Kier molecular flexibility index (Phi) is 6.36. The standard InChI is InChI=1S/C19H30N6O2/c1-4-25-15(11-12-21-25)18(26)22-17(14-9-7-5-6-8-10-14)16-13-20-23-19(27-3)24(16)2/h11-14,17,20H,4-10H2,1-3H3,(H,22,26)/t17-/m0/s1. The first-order valence-corrected chi connectivity index (χ1v) is 9.79. The molecular formula is C19H30N6O2. The van der Waals surface area contributed by atoms with Crippen molar-refractivity contribution in [1.82, 2.24) is 25.4 Å². The molecule has 1 saturated carbocycles. The van der Waals surface area contributed by atoms with Gasteiger partial charge in [0.2, 0.25) is 0 Å². The molecule has 8 nitrogen and oxygen atoms in total. The third kappa shape index (κ3) is 4.26. The molecule has 8 heteroatoms. The van der Waals surface area contributed by atoms with Crippen molar-refractivity contribution in [2.45, 2.75) is 58.0 Å². The zero-order valence-electron chi connectivity index (χ0n) is 16.4. The lowest BCUT2D eigenvalue weighted by Gasteiger charge is -2.35. The molecule has 1 aromatic rings. The molecule has 148 valence electrons. The Hall–Kier alpha value is -2.51. The van der Waals surface area contributed by atoms with Crippen LogP contribution in [0.15, 0.2) is 29.3 Å². The third-order valence-electron chi connectivity index (χ3n) is 5.45. The molecule has 3 rings (SSSR count). The molecule has 1 aliphatic heterocycles. The summed E-state index contributed by atoms with van der Waals surface area (Å²) in [6.07, 6.45) is 10.6. The van der Waals surface area contributed by atoms with Crippen molar-refractivity contribution in [2.24, 2.45) is 11.0 Å². The number of nitrogens with zero attached hydrogens (tertiary/aromatic N) is 4. The van der Waals surface area contributed by atoms with E-state index in [2.05, 4.69) is 20.9 Å². The molecule has 1 amide bonds. The maximum Gasteiger partial charge on any atom is 0.313 e. The predicted octanol–water partition coefficient (Wildman–Crippen LogP) is 2.27. The lowest BCUT2D eigenvalue weighted by atomic mass is 9.89. The highest BCUT2D eigenvalue weighted by molar-refractivity contribution is 5.93. The summed E-state index contributed by atoms with van der Waals surface area (Å²) < 4.78 is 7.08. The van der Waals surface area contributed by atoms with Gasteiger partial charge in [-0.3, -0.25) is 19.8 Å². The molecule has 1 aliphatic carbocycles. The van der Waals surface area contributed by atoms with E-state index in [0.29, 0.717) is 24.2 Å². The van der Waals surface area contributed by atoms with Gasteiger partial charge in [0.05, 0.1) is 18.8 Å². The molecule has 27 heavy (non-hydrogen) atoms. The van der Waals surface area contributed by atoms with E-state index in [1.165, 1.54) is 25.7 Å². The summed E-state index contributed by atoms with van der Waals surface area (Å²) in [6, 6.07) is 2.13. The zero-order valence-corrected chi connectivity index (χ0v) is 16.4. The molecule has 0 saturated heterocycles. The van der Waals surface area contributed by atoms with E-state index in [0.717, 1.165) is 18.5 Å². The average Bonchev–Trinajstić information content (AvgIpc) is 3.01. The van der Waals surface area contributed by atoms with Crippen LogP contribution in [0.1, 0.15) is 55.9 Å². The van der Waals surface area contributed by atoms with Crippen LogP contribution in [0.3, 0.4) is 0 Å². The minimum atomic E-state index is -0.117. The number of rotatable bonds is 5. The summed E-state index contributed by atoms with van der Waals surface area (Å²) in [6.45, 7) is 2.64. The number of hydrogen-bond donors (Lipinski definition) is 2. The van der Waals surface area contributed by atoms with E-state index in [1.807, 2.05) is 25.1 Å². The van der Waals surface area contributed by atoms with Gasteiger partial charge < -0.3 is 10.1 Å². The van der Waals surface area contributed by atoms with E-state index < -0.39 is 0 Å². The summed E-state index contributed by atoms with van der Waals surface area (Å²) >= 11 is 0. The molecule has 0 radical (unpaired) electrons. The van der Waals surface area contributed by atoms with Gasteiger partial charge in [0.1, 0.15) is 5.69 Å². The average molecular weight is 374 g/mol. The Morgan fingerprint density at radius 2 is 2.11 bits per heavy atom. The number of aryl methyl sites for hydroxylation is 1. The fourth-order valence-corrected chi connectivity index (χ4v) is 3.99. The molecule has 1 aromatic heterocycles. The van der Waals surface area contributed by atoms with Gasteiger partial charge in [-0.05, 0) is 31.7 Å². The maximum atomic E-state index is 13.0. The first-order chi connectivity index (χ1) is 13.2. The second-order valence-electron chi connectivity index (χ2n) is 7.09. The number of ether oxygens (including phenoxy) is 1. The second kappa shape index (κ2) is 8.92. The lowest BCUT2D eigenvalue weighted by Crippen LogP contribution is -2.49. The van der Waals surface area contributed by atoms with E-state index in [-0.39, 0.29) is 11.9 Å². The first-order valence-electron chi connectivity index (χ1n) is 9.79. The van der Waals surface area contributed by atoms with Gasteiger partial charge in [-0.1, -0.05) is 25.7 Å². The topological polar surface area (TPSA) is 83.8 Å². The normalized spacial score (nSPS) is 19.4. The fourth-order valence-electron chi connectivity index (χ4n) is 3.99. The van der Waals surface area contributed by atoms with E-state index >= 15 is 0 Å². The fraction of sp³-hybridized carbons (Fsp3) is 0.632. The summed E-state index contributed by atoms with van der Waals surface area (Å²) in [5.41, 5.74) is 4.47. The Morgan fingerprint density at radius 1 is 1.37 bits per heavy atom. The molecule has 1 fully saturated rings. The third-order valence-corrected chi connectivity index (χ3v) is 5.45. The lowest BCUT2D eigenvalue weighted by molar-refractivity contribution is 0.0910. The van der Waals surface area contributed by atoms with Gasteiger partial charge in [-0.2, -0.15) is 5.10 Å². The predicted molar refractivity (Wildman–Crippen MR) is 104 cm³/mol.